The summed E-state index contributed by atoms with van der Waals surface area (Å²) < 4.78 is 1.27. The van der Waals surface area contributed by atoms with E-state index >= 15 is 0 Å². The fourth-order valence-electron chi connectivity index (χ4n) is 0.545. The molecule has 0 heterocycles. The first-order valence-corrected chi connectivity index (χ1v) is 3.48. The Hall–Kier alpha value is -0.222. The fourth-order valence-corrected chi connectivity index (χ4v) is 0.858. The van der Waals surface area contributed by atoms with Crippen LogP contribution in [0.15, 0.2) is 24.3 Å². The van der Waals surface area contributed by atoms with Crippen molar-refractivity contribution >= 4 is 21.2 Å². The van der Waals surface area contributed by atoms with Crippen LogP contribution in [0.2, 0.25) is 0 Å². The molecule has 0 aliphatic rings. The van der Waals surface area contributed by atoms with Crippen molar-refractivity contribution in [3.8, 4) is 0 Å². The SMILES string of the molecule is Cc1ccc([As+])cc1. The number of hydrogen-bond donors (Lipinski definition) is 0. The molecule has 0 saturated carbocycles. The van der Waals surface area contributed by atoms with Gasteiger partial charge < -0.3 is 0 Å². The molecule has 1 aromatic carbocycles. The minimum atomic E-state index is 1.27. The molecule has 39 valence electrons. The second kappa shape index (κ2) is 2.37. The molecule has 0 spiro atoms. The average Bonchev–Trinajstić information content (AvgIpc) is 1.77. The van der Waals surface area contributed by atoms with E-state index in [1.165, 1.54) is 9.91 Å². The van der Waals surface area contributed by atoms with E-state index in [0.717, 1.165) is 0 Å². The molecule has 0 unspecified atom stereocenters. The predicted octanol–water partition coefficient (Wildman–Crippen LogP) is 0.789. The van der Waals surface area contributed by atoms with E-state index in [4.69, 9.17) is 0 Å². The molecule has 0 amide bonds. The molecule has 0 fully saturated rings. The molecule has 0 atom stereocenters. The molecular weight excluding hydrogens is 159 g/mol. The summed E-state index contributed by atoms with van der Waals surface area (Å²) in [7, 11) is 0. The summed E-state index contributed by atoms with van der Waals surface area (Å²) in [5, 5.41) is 0. The van der Waals surface area contributed by atoms with E-state index in [1.807, 2.05) is 0 Å². The van der Waals surface area contributed by atoms with Crippen LogP contribution in [0.25, 0.3) is 0 Å². The predicted molar refractivity (Wildman–Crippen MR) is 36.6 cm³/mol. The molecule has 1 rings (SSSR count). The standard InChI is InChI=1S/C7H7As/c1-6-2-4-7(8)5-3-6/h2-5H,1H3/q+1. The third-order valence-electron chi connectivity index (χ3n) is 1.03. The average molecular weight is 166 g/mol. The van der Waals surface area contributed by atoms with Gasteiger partial charge in [0.25, 0.3) is 0 Å². The Bertz CT molecular complexity index is 143. The summed E-state index contributed by atoms with van der Waals surface area (Å²) in [5.41, 5.74) is 1.32. The molecule has 0 aliphatic heterocycles. The quantitative estimate of drug-likeness (QED) is 0.500. The summed E-state index contributed by atoms with van der Waals surface area (Å²) in [6.07, 6.45) is 0. The van der Waals surface area contributed by atoms with E-state index in [9.17, 15) is 0 Å². The maximum absolute atomic E-state index is 2.51. The van der Waals surface area contributed by atoms with Gasteiger partial charge in [-0.3, -0.25) is 0 Å². The normalized spacial score (nSPS) is 9.25. The van der Waals surface area contributed by atoms with Crippen LogP contribution >= 0.6 is 0 Å². The second-order valence-corrected chi connectivity index (χ2v) is 2.92. The summed E-state index contributed by atoms with van der Waals surface area (Å²) in [6.45, 7) is 2.09. The van der Waals surface area contributed by atoms with Gasteiger partial charge in [-0.2, -0.15) is 0 Å². The van der Waals surface area contributed by atoms with Crippen molar-refractivity contribution in [1.82, 2.24) is 0 Å². The Morgan fingerprint density at radius 2 is 1.62 bits per heavy atom. The summed E-state index contributed by atoms with van der Waals surface area (Å²) in [5.74, 6) is 0. The van der Waals surface area contributed by atoms with Gasteiger partial charge in [-0.05, 0) is 0 Å². The first kappa shape index (κ1) is 5.91. The molecule has 3 radical (unpaired) electrons. The van der Waals surface area contributed by atoms with Gasteiger partial charge in [-0.25, -0.2) is 0 Å². The van der Waals surface area contributed by atoms with E-state index in [2.05, 4.69) is 48.0 Å². The number of hydrogen-bond acceptors (Lipinski definition) is 0. The maximum atomic E-state index is 2.51. The van der Waals surface area contributed by atoms with Crippen molar-refractivity contribution in [3.05, 3.63) is 29.8 Å². The van der Waals surface area contributed by atoms with Crippen molar-refractivity contribution in [2.24, 2.45) is 0 Å². The van der Waals surface area contributed by atoms with Gasteiger partial charge in [0.1, 0.15) is 0 Å². The fraction of sp³-hybridized carbons (Fsp3) is 0.143. The van der Waals surface area contributed by atoms with Crippen LogP contribution in [0.4, 0.5) is 0 Å². The molecule has 1 heteroatoms. The Balaban J connectivity index is 3.03. The van der Waals surface area contributed by atoms with Crippen LogP contribution in [0.5, 0.6) is 0 Å². The van der Waals surface area contributed by atoms with Gasteiger partial charge in [0.15, 0.2) is 0 Å². The number of aryl methyl sites for hydroxylation is 1. The Labute approximate surface area is 58.4 Å². The van der Waals surface area contributed by atoms with E-state index in [1.54, 1.807) is 0 Å². The Morgan fingerprint density at radius 3 is 2.00 bits per heavy atom. The molecule has 8 heavy (non-hydrogen) atoms. The van der Waals surface area contributed by atoms with E-state index < -0.39 is 0 Å². The van der Waals surface area contributed by atoms with E-state index in [0.29, 0.717) is 0 Å². The van der Waals surface area contributed by atoms with Crippen LogP contribution < -0.4 is 4.35 Å². The second-order valence-electron chi connectivity index (χ2n) is 1.84. The number of rotatable bonds is 0. The van der Waals surface area contributed by atoms with Crippen molar-refractivity contribution in [2.45, 2.75) is 6.92 Å². The molecule has 0 nitrogen and oxygen atoms in total. The first-order chi connectivity index (χ1) is 3.79. The summed E-state index contributed by atoms with van der Waals surface area (Å²) >= 11 is 2.51. The molecule has 0 aliphatic carbocycles. The van der Waals surface area contributed by atoms with Gasteiger partial charge in [0.05, 0.1) is 0 Å². The van der Waals surface area contributed by atoms with Gasteiger partial charge in [0, 0.05) is 0 Å². The zero-order chi connectivity index (χ0) is 5.98. The van der Waals surface area contributed by atoms with Crippen molar-refractivity contribution in [1.29, 1.82) is 0 Å². The topological polar surface area (TPSA) is 0 Å². The van der Waals surface area contributed by atoms with Crippen LogP contribution in [-0.4, -0.2) is 16.9 Å². The van der Waals surface area contributed by atoms with Crippen LogP contribution in [0, 0.1) is 6.92 Å². The monoisotopic (exact) mass is 166 g/mol. The third-order valence-corrected chi connectivity index (χ3v) is 1.66. The van der Waals surface area contributed by atoms with E-state index in [-0.39, 0.29) is 0 Å². The van der Waals surface area contributed by atoms with Crippen molar-refractivity contribution in [3.63, 3.8) is 0 Å². The molecule has 1 aromatic rings. The van der Waals surface area contributed by atoms with Crippen molar-refractivity contribution < 1.29 is 0 Å². The Morgan fingerprint density at radius 1 is 1.12 bits per heavy atom. The number of benzene rings is 1. The minimum absolute atomic E-state index is 1.27. The van der Waals surface area contributed by atoms with Crippen molar-refractivity contribution in [2.75, 3.05) is 0 Å². The van der Waals surface area contributed by atoms with Crippen LogP contribution in [-0.2, 0) is 0 Å². The summed E-state index contributed by atoms with van der Waals surface area (Å²) in [4.78, 5) is 0. The molecule has 0 aromatic heterocycles. The van der Waals surface area contributed by atoms with Crippen LogP contribution in [0.3, 0.4) is 0 Å². The van der Waals surface area contributed by atoms with Gasteiger partial charge in [-0.15, -0.1) is 0 Å². The van der Waals surface area contributed by atoms with Gasteiger partial charge in [0.2, 0.25) is 0 Å². The molecule has 0 bridgehead atoms. The molecule has 0 saturated heterocycles. The molecule has 0 N–H and O–H groups in total. The third kappa shape index (κ3) is 1.38. The zero-order valence-electron chi connectivity index (χ0n) is 4.76. The summed E-state index contributed by atoms with van der Waals surface area (Å²) in [6, 6.07) is 8.39. The molecular formula is C7H7As+. The van der Waals surface area contributed by atoms with Crippen LogP contribution in [0.1, 0.15) is 5.56 Å². The Kier molecular flexibility index (Phi) is 1.75. The van der Waals surface area contributed by atoms with Gasteiger partial charge in [-0.1, -0.05) is 0 Å². The first-order valence-electron chi connectivity index (χ1n) is 2.54. The zero-order valence-corrected chi connectivity index (χ0v) is 6.63. The van der Waals surface area contributed by atoms with Gasteiger partial charge >= 0.3 is 58.0 Å².